The van der Waals surface area contributed by atoms with Crippen LogP contribution in [0.5, 0.6) is 0 Å². The van der Waals surface area contributed by atoms with Gasteiger partial charge < -0.3 is 15.5 Å². The van der Waals surface area contributed by atoms with Crippen molar-refractivity contribution in [1.29, 1.82) is 0 Å². The van der Waals surface area contributed by atoms with Crippen molar-refractivity contribution in [2.24, 2.45) is 7.05 Å². The van der Waals surface area contributed by atoms with Gasteiger partial charge in [0.25, 0.3) is 0 Å². The van der Waals surface area contributed by atoms with Crippen molar-refractivity contribution in [3.05, 3.63) is 15.9 Å². The Labute approximate surface area is 110 Å². The zero-order valence-electron chi connectivity index (χ0n) is 10.5. The summed E-state index contributed by atoms with van der Waals surface area (Å²) in [5.74, 6) is 0. The molecule has 0 amide bonds. The summed E-state index contributed by atoms with van der Waals surface area (Å²) in [6.45, 7) is 4.15. The van der Waals surface area contributed by atoms with Crippen LogP contribution >= 0.6 is 15.9 Å². The molecule has 0 saturated carbocycles. The van der Waals surface area contributed by atoms with Crippen LogP contribution in [0.15, 0.2) is 4.47 Å². The lowest BCUT2D eigenvalue weighted by Crippen LogP contribution is -2.48. The molecule has 0 aliphatic rings. The van der Waals surface area contributed by atoms with E-state index < -0.39 is 5.54 Å². The van der Waals surface area contributed by atoms with Crippen LogP contribution in [0.4, 0.5) is 0 Å². The highest BCUT2D eigenvalue weighted by Gasteiger charge is 2.23. The normalized spacial score (nSPS) is 12.1. The summed E-state index contributed by atoms with van der Waals surface area (Å²) in [7, 11) is 1.89. The summed E-state index contributed by atoms with van der Waals surface area (Å²) in [5, 5.41) is 25.9. The van der Waals surface area contributed by atoms with Gasteiger partial charge in [0, 0.05) is 13.6 Å². The highest BCUT2D eigenvalue weighted by Crippen LogP contribution is 2.21. The van der Waals surface area contributed by atoms with Crippen molar-refractivity contribution in [2.45, 2.75) is 32.4 Å². The number of aliphatic hydroxyl groups excluding tert-OH is 2. The van der Waals surface area contributed by atoms with Gasteiger partial charge in [-0.3, -0.25) is 4.68 Å². The molecule has 0 aliphatic heterocycles. The average Bonchev–Trinajstić information content (AvgIpc) is 2.61. The number of aliphatic hydroxyl groups is 2. The molecule has 0 aliphatic carbocycles. The average molecular weight is 306 g/mol. The van der Waals surface area contributed by atoms with Gasteiger partial charge in [0.15, 0.2) is 0 Å². The van der Waals surface area contributed by atoms with Gasteiger partial charge in [-0.1, -0.05) is 6.92 Å². The summed E-state index contributed by atoms with van der Waals surface area (Å²) in [4.78, 5) is 0. The minimum Gasteiger partial charge on any atom is -0.394 e. The van der Waals surface area contributed by atoms with Crippen molar-refractivity contribution < 1.29 is 10.2 Å². The Balaban J connectivity index is 2.79. The molecule has 1 rings (SSSR count). The maximum atomic E-state index is 9.20. The lowest BCUT2D eigenvalue weighted by molar-refractivity contribution is 0.102. The monoisotopic (exact) mass is 305 g/mol. The molecule has 17 heavy (non-hydrogen) atoms. The summed E-state index contributed by atoms with van der Waals surface area (Å²) in [6.07, 6.45) is 0.867. The molecule has 1 aromatic heterocycles. The quantitative estimate of drug-likeness (QED) is 0.719. The Hall–Kier alpha value is -0.430. The van der Waals surface area contributed by atoms with E-state index in [1.165, 1.54) is 0 Å². The van der Waals surface area contributed by atoms with Crippen molar-refractivity contribution in [2.75, 3.05) is 13.2 Å². The number of aromatic nitrogens is 2. The Kier molecular flexibility index (Phi) is 5.12. The van der Waals surface area contributed by atoms with Crippen molar-refractivity contribution >= 4 is 15.9 Å². The smallest absolute Gasteiger partial charge is 0.0767 e. The van der Waals surface area contributed by atoms with Crippen LogP contribution in [-0.2, 0) is 20.0 Å². The zero-order valence-corrected chi connectivity index (χ0v) is 12.1. The molecular weight excluding hydrogens is 286 g/mol. The molecule has 3 N–H and O–H groups in total. The lowest BCUT2D eigenvalue weighted by atomic mass is 10.1. The standard InChI is InChI=1S/C11H20BrN3O2/c1-4-8-10(12)9(15(3)14-8)5-13-11(2,6-16)7-17/h13,16-17H,4-7H2,1-3H3. The SMILES string of the molecule is CCc1nn(C)c(CNC(C)(CO)CO)c1Br. The predicted octanol–water partition coefficient (Wildman–Crippen LogP) is 0.578. The third kappa shape index (κ3) is 3.28. The molecule has 0 saturated heterocycles. The van der Waals surface area contributed by atoms with E-state index in [1.807, 2.05) is 11.7 Å². The Morgan fingerprint density at radius 1 is 1.41 bits per heavy atom. The number of nitrogens with zero attached hydrogens (tertiary/aromatic N) is 2. The van der Waals surface area contributed by atoms with Crippen LogP contribution in [0.1, 0.15) is 25.2 Å². The second-order valence-electron chi connectivity index (χ2n) is 4.41. The molecule has 0 bridgehead atoms. The van der Waals surface area contributed by atoms with E-state index >= 15 is 0 Å². The first-order chi connectivity index (χ1) is 7.97. The minimum atomic E-state index is -0.671. The first-order valence-corrected chi connectivity index (χ1v) is 6.43. The van der Waals surface area contributed by atoms with E-state index in [9.17, 15) is 10.2 Å². The van der Waals surface area contributed by atoms with E-state index in [0.29, 0.717) is 6.54 Å². The van der Waals surface area contributed by atoms with Gasteiger partial charge in [0.2, 0.25) is 0 Å². The molecular formula is C11H20BrN3O2. The van der Waals surface area contributed by atoms with E-state index in [2.05, 4.69) is 33.3 Å². The molecule has 6 heteroatoms. The third-order valence-corrected chi connectivity index (χ3v) is 3.80. The van der Waals surface area contributed by atoms with Gasteiger partial charge in [-0.25, -0.2) is 0 Å². The van der Waals surface area contributed by atoms with Gasteiger partial charge in [0.05, 0.1) is 34.6 Å². The predicted molar refractivity (Wildman–Crippen MR) is 69.7 cm³/mol. The van der Waals surface area contributed by atoms with Crippen LogP contribution in [0, 0.1) is 0 Å². The van der Waals surface area contributed by atoms with Crippen molar-refractivity contribution in [3.63, 3.8) is 0 Å². The summed E-state index contributed by atoms with van der Waals surface area (Å²) in [5.41, 5.74) is 1.35. The van der Waals surface area contributed by atoms with E-state index in [0.717, 1.165) is 22.3 Å². The summed E-state index contributed by atoms with van der Waals surface area (Å²) < 4.78 is 2.80. The van der Waals surface area contributed by atoms with E-state index in [-0.39, 0.29) is 13.2 Å². The molecule has 0 spiro atoms. The van der Waals surface area contributed by atoms with Gasteiger partial charge in [0.1, 0.15) is 0 Å². The fourth-order valence-electron chi connectivity index (χ4n) is 1.47. The van der Waals surface area contributed by atoms with Gasteiger partial charge in [-0.05, 0) is 29.3 Å². The second-order valence-corrected chi connectivity index (χ2v) is 5.21. The fraction of sp³-hybridized carbons (Fsp3) is 0.727. The van der Waals surface area contributed by atoms with Gasteiger partial charge in [-0.15, -0.1) is 0 Å². The fourth-order valence-corrected chi connectivity index (χ4v) is 2.23. The Bertz CT molecular complexity index is 375. The molecule has 0 radical (unpaired) electrons. The molecule has 98 valence electrons. The van der Waals surface area contributed by atoms with Crippen LogP contribution in [0.3, 0.4) is 0 Å². The van der Waals surface area contributed by atoms with Crippen LogP contribution in [0.2, 0.25) is 0 Å². The molecule has 1 aromatic rings. The second kappa shape index (κ2) is 5.95. The number of hydrogen-bond acceptors (Lipinski definition) is 4. The Morgan fingerprint density at radius 3 is 2.41 bits per heavy atom. The Morgan fingerprint density at radius 2 is 2.00 bits per heavy atom. The highest BCUT2D eigenvalue weighted by molar-refractivity contribution is 9.10. The zero-order chi connectivity index (χ0) is 13.1. The van der Waals surface area contributed by atoms with Crippen molar-refractivity contribution in [3.8, 4) is 0 Å². The molecule has 0 atom stereocenters. The van der Waals surface area contributed by atoms with Crippen LogP contribution in [0.25, 0.3) is 0 Å². The topological polar surface area (TPSA) is 70.3 Å². The number of halogens is 1. The van der Waals surface area contributed by atoms with Crippen LogP contribution < -0.4 is 5.32 Å². The largest absolute Gasteiger partial charge is 0.394 e. The summed E-state index contributed by atoms with van der Waals surface area (Å²) >= 11 is 3.53. The molecule has 0 aromatic carbocycles. The maximum Gasteiger partial charge on any atom is 0.0767 e. The van der Waals surface area contributed by atoms with Crippen LogP contribution in [-0.4, -0.2) is 38.7 Å². The number of aryl methyl sites for hydroxylation is 2. The van der Waals surface area contributed by atoms with Crippen molar-refractivity contribution in [1.82, 2.24) is 15.1 Å². The molecule has 0 fully saturated rings. The van der Waals surface area contributed by atoms with E-state index in [4.69, 9.17) is 0 Å². The first kappa shape index (κ1) is 14.6. The molecule has 5 nitrogen and oxygen atoms in total. The number of hydrogen-bond donors (Lipinski definition) is 3. The van der Waals surface area contributed by atoms with Gasteiger partial charge in [-0.2, -0.15) is 5.10 Å². The first-order valence-electron chi connectivity index (χ1n) is 5.64. The van der Waals surface area contributed by atoms with Gasteiger partial charge >= 0.3 is 0 Å². The van der Waals surface area contributed by atoms with E-state index in [1.54, 1.807) is 6.92 Å². The summed E-state index contributed by atoms with van der Waals surface area (Å²) in [6, 6.07) is 0. The lowest BCUT2D eigenvalue weighted by Gasteiger charge is -2.26. The molecule has 1 heterocycles. The maximum absolute atomic E-state index is 9.20. The third-order valence-electron chi connectivity index (χ3n) is 2.88. The highest BCUT2D eigenvalue weighted by atomic mass is 79.9. The molecule has 0 unspecified atom stereocenters. The minimum absolute atomic E-state index is 0.112. The number of nitrogens with one attached hydrogen (secondary N) is 1. The number of rotatable bonds is 6.